The van der Waals surface area contributed by atoms with Gasteiger partial charge in [0, 0.05) is 18.8 Å². The number of aliphatic hydroxyl groups excluding tert-OH is 2. The van der Waals surface area contributed by atoms with Gasteiger partial charge in [-0.1, -0.05) is 38.3 Å². The summed E-state index contributed by atoms with van der Waals surface area (Å²) < 4.78 is 0. The van der Waals surface area contributed by atoms with Gasteiger partial charge in [-0.15, -0.1) is 0 Å². The number of fused-ring (bicyclic) bond motifs is 1. The number of carbonyl (C=O) groups is 1. The number of ketones is 1. The Balaban J connectivity index is 1.85. The normalized spacial score (nSPS) is 36.1. The van der Waals surface area contributed by atoms with E-state index < -0.39 is 6.10 Å². The molecule has 0 radical (unpaired) electrons. The third-order valence-electron chi connectivity index (χ3n) is 4.70. The van der Waals surface area contributed by atoms with Crippen molar-refractivity contribution in [1.82, 2.24) is 0 Å². The monoisotopic (exact) mass is 266 g/mol. The van der Waals surface area contributed by atoms with E-state index in [4.69, 9.17) is 0 Å². The topological polar surface area (TPSA) is 57.5 Å². The van der Waals surface area contributed by atoms with Crippen LogP contribution in [0.3, 0.4) is 0 Å². The number of unbranched alkanes of at least 4 members (excludes halogenated alkanes) is 2. The molecule has 0 aromatic carbocycles. The Morgan fingerprint density at radius 1 is 1.37 bits per heavy atom. The molecule has 3 heteroatoms. The summed E-state index contributed by atoms with van der Waals surface area (Å²) in [6.07, 6.45) is 9.20. The van der Waals surface area contributed by atoms with Crippen LogP contribution in [0.25, 0.3) is 0 Å². The van der Waals surface area contributed by atoms with E-state index in [9.17, 15) is 15.0 Å². The third-order valence-corrected chi connectivity index (χ3v) is 4.70. The first-order chi connectivity index (χ1) is 9.11. The van der Waals surface area contributed by atoms with E-state index in [1.807, 2.05) is 12.2 Å². The van der Waals surface area contributed by atoms with E-state index in [2.05, 4.69) is 6.92 Å². The van der Waals surface area contributed by atoms with Crippen LogP contribution in [-0.2, 0) is 4.79 Å². The minimum absolute atomic E-state index is 0.0669. The predicted molar refractivity (Wildman–Crippen MR) is 74.6 cm³/mol. The highest BCUT2D eigenvalue weighted by Crippen LogP contribution is 2.46. The summed E-state index contributed by atoms with van der Waals surface area (Å²) in [7, 11) is 0. The third kappa shape index (κ3) is 3.67. The molecule has 0 spiro atoms. The van der Waals surface area contributed by atoms with Gasteiger partial charge in [0.15, 0.2) is 0 Å². The van der Waals surface area contributed by atoms with E-state index in [1.165, 1.54) is 0 Å². The van der Waals surface area contributed by atoms with Crippen molar-refractivity contribution in [3.05, 3.63) is 12.2 Å². The zero-order valence-corrected chi connectivity index (χ0v) is 11.8. The molecule has 0 saturated heterocycles. The van der Waals surface area contributed by atoms with Crippen LogP contribution in [0.4, 0.5) is 0 Å². The molecule has 2 saturated carbocycles. The summed E-state index contributed by atoms with van der Waals surface area (Å²) in [6.45, 7) is 2.15. The average molecular weight is 266 g/mol. The summed E-state index contributed by atoms with van der Waals surface area (Å²) in [4.78, 5) is 11.5. The quantitative estimate of drug-likeness (QED) is 0.573. The predicted octanol–water partition coefficient (Wildman–Crippen LogP) is 2.46. The van der Waals surface area contributed by atoms with E-state index >= 15 is 0 Å². The zero-order valence-electron chi connectivity index (χ0n) is 11.8. The van der Waals surface area contributed by atoms with Crippen molar-refractivity contribution in [1.29, 1.82) is 0 Å². The Bertz CT molecular complexity index is 337. The van der Waals surface area contributed by atoms with Gasteiger partial charge in [0.05, 0.1) is 12.2 Å². The second-order valence-electron chi connectivity index (χ2n) is 6.20. The van der Waals surface area contributed by atoms with Gasteiger partial charge in [-0.3, -0.25) is 4.79 Å². The Labute approximate surface area is 115 Å². The van der Waals surface area contributed by atoms with Gasteiger partial charge in [0.2, 0.25) is 0 Å². The molecule has 2 aliphatic carbocycles. The van der Waals surface area contributed by atoms with Gasteiger partial charge in [-0.05, 0) is 24.7 Å². The maximum absolute atomic E-state index is 11.5. The lowest BCUT2D eigenvalue weighted by molar-refractivity contribution is -0.118. The molecule has 2 fully saturated rings. The van der Waals surface area contributed by atoms with Crippen molar-refractivity contribution >= 4 is 5.78 Å². The number of rotatable bonds is 6. The first-order valence-corrected chi connectivity index (χ1v) is 7.68. The van der Waals surface area contributed by atoms with Crippen molar-refractivity contribution in [3.8, 4) is 0 Å². The molecule has 0 amide bonds. The van der Waals surface area contributed by atoms with Crippen LogP contribution < -0.4 is 0 Å². The molecule has 108 valence electrons. The fraction of sp³-hybridized carbons (Fsp3) is 0.812. The van der Waals surface area contributed by atoms with Crippen molar-refractivity contribution in [2.24, 2.45) is 17.8 Å². The molecule has 0 bridgehead atoms. The molecule has 3 nitrogen and oxygen atoms in total. The second-order valence-corrected chi connectivity index (χ2v) is 6.20. The van der Waals surface area contributed by atoms with Crippen LogP contribution in [0.15, 0.2) is 12.2 Å². The standard InChI is InChI=1S/C16H26O3/c1-2-3-4-5-12(17)6-7-14-15-10-13(18)8-11(15)9-16(14)19/h6-7,11-12,14-17,19H,2-5,8-10H2,1H3/b7-6+/t11-,12+,14+,15-,16+/m0/s1. The van der Waals surface area contributed by atoms with E-state index in [-0.39, 0.29) is 12.0 Å². The molecule has 0 aromatic rings. The number of hydrogen-bond acceptors (Lipinski definition) is 3. The first kappa shape index (κ1) is 14.7. The Kier molecular flexibility index (Phi) is 5.17. The van der Waals surface area contributed by atoms with Crippen LogP contribution in [-0.4, -0.2) is 28.2 Å². The molecule has 19 heavy (non-hydrogen) atoms. The molecule has 2 rings (SSSR count). The van der Waals surface area contributed by atoms with Gasteiger partial charge in [-0.2, -0.15) is 0 Å². The number of Topliss-reactive ketones (excluding diaryl/α,β-unsaturated/α-hetero) is 1. The summed E-state index contributed by atoms with van der Waals surface area (Å²) in [5, 5.41) is 19.9. The van der Waals surface area contributed by atoms with Gasteiger partial charge in [0.1, 0.15) is 5.78 Å². The number of hydrogen-bond donors (Lipinski definition) is 2. The molecule has 0 aromatic heterocycles. The SMILES string of the molecule is CCCCC[C@@H](O)/C=C/[C@@H]1[C@H]2CC(=O)C[C@H]2C[C@H]1O. The van der Waals surface area contributed by atoms with E-state index in [1.54, 1.807) is 0 Å². The first-order valence-electron chi connectivity index (χ1n) is 7.68. The maximum atomic E-state index is 11.5. The largest absolute Gasteiger partial charge is 0.392 e. The minimum atomic E-state index is -0.407. The van der Waals surface area contributed by atoms with Gasteiger partial charge in [0.25, 0.3) is 0 Å². The number of carbonyl (C=O) groups excluding carboxylic acids is 1. The van der Waals surface area contributed by atoms with Crippen molar-refractivity contribution < 1.29 is 15.0 Å². The summed E-state index contributed by atoms with van der Waals surface area (Å²) in [5.41, 5.74) is 0. The molecule has 0 unspecified atom stereocenters. The fourth-order valence-electron chi connectivity index (χ4n) is 3.65. The summed E-state index contributed by atoms with van der Waals surface area (Å²) in [5.74, 6) is 1.08. The lowest BCUT2D eigenvalue weighted by atomic mass is 9.90. The lowest BCUT2D eigenvalue weighted by Gasteiger charge is -2.17. The molecule has 2 N–H and O–H groups in total. The van der Waals surface area contributed by atoms with Gasteiger partial charge >= 0.3 is 0 Å². The average Bonchev–Trinajstić information content (AvgIpc) is 2.82. The van der Waals surface area contributed by atoms with Gasteiger partial charge in [-0.25, -0.2) is 0 Å². The number of aliphatic hydroxyl groups is 2. The zero-order chi connectivity index (χ0) is 13.8. The second kappa shape index (κ2) is 6.67. The molecule has 0 heterocycles. The molecule has 5 atom stereocenters. The van der Waals surface area contributed by atoms with Crippen LogP contribution in [0.5, 0.6) is 0 Å². The minimum Gasteiger partial charge on any atom is -0.392 e. The van der Waals surface area contributed by atoms with Crippen molar-refractivity contribution in [2.45, 2.75) is 64.1 Å². The molecular formula is C16H26O3. The van der Waals surface area contributed by atoms with Crippen LogP contribution in [0.1, 0.15) is 51.9 Å². The molecule has 2 aliphatic rings. The van der Waals surface area contributed by atoms with E-state index in [0.29, 0.717) is 30.5 Å². The van der Waals surface area contributed by atoms with Crippen LogP contribution >= 0.6 is 0 Å². The summed E-state index contributed by atoms with van der Waals surface area (Å²) in [6, 6.07) is 0. The van der Waals surface area contributed by atoms with Crippen LogP contribution in [0, 0.1) is 17.8 Å². The Morgan fingerprint density at radius 2 is 2.16 bits per heavy atom. The smallest absolute Gasteiger partial charge is 0.133 e. The summed E-state index contributed by atoms with van der Waals surface area (Å²) >= 11 is 0. The van der Waals surface area contributed by atoms with Crippen molar-refractivity contribution in [2.75, 3.05) is 0 Å². The Hall–Kier alpha value is -0.670. The van der Waals surface area contributed by atoms with Gasteiger partial charge < -0.3 is 10.2 Å². The fourth-order valence-corrected chi connectivity index (χ4v) is 3.65. The lowest BCUT2D eigenvalue weighted by Crippen LogP contribution is -2.18. The highest BCUT2D eigenvalue weighted by molar-refractivity contribution is 5.81. The highest BCUT2D eigenvalue weighted by atomic mass is 16.3. The molecule has 0 aliphatic heterocycles. The Morgan fingerprint density at radius 3 is 2.89 bits per heavy atom. The van der Waals surface area contributed by atoms with E-state index in [0.717, 1.165) is 32.1 Å². The maximum Gasteiger partial charge on any atom is 0.133 e. The van der Waals surface area contributed by atoms with Crippen LogP contribution in [0.2, 0.25) is 0 Å². The highest BCUT2D eigenvalue weighted by Gasteiger charge is 2.46. The van der Waals surface area contributed by atoms with Crippen molar-refractivity contribution in [3.63, 3.8) is 0 Å². The molecular weight excluding hydrogens is 240 g/mol.